The van der Waals surface area contributed by atoms with Gasteiger partial charge in [0.1, 0.15) is 11.4 Å². The number of nitrogens with one attached hydrogen (secondary N) is 2. The van der Waals surface area contributed by atoms with Gasteiger partial charge in [-0.05, 0) is 38.8 Å². The van der Waals surface area contributed by atoms with Gasteiger partial charge in [-0.3, -0.25) is 10.1 Å². The molecule has 0 radical (unpaired) electrons. The number of aryl methyl sites for hydroxylation is 1. The first kappa shape index (κ1) is 23.6. The van der Waals surface area contributed by atoms with Crippen LogP contribution in [-0.4, -0.2) is 34.0 Å². The van der Waals surface area contributed by atoms with Gasteiger partial charge in [0.2, 0.25) is 11.9 Å². The van der Waals surface area contributed by atoms with Gasteiger partial charge in [0.25, 0.3) is 0 Å². The van der Waals surface area contributed by atoms with Gasteiger partial charge in [-0.1, -0.05) is 52.2 Å². The summed E-state index contributed by atoms with van der Waals surface area (Å²) in [5, 5.41) is 6.74. The van der Waals surface area contributed by atoms with Gasteiger partial charge in [0.05, 0.1) is 12.1 Å². The van der Waals surface area contributed by atoms with Crippen LogP contribution >= 0.6 is 0 Å². The number of para-hydroxylation sites is 1. The molecule has 2 aromatic rings. The number of hydrogen-bond donors (Lipinski definition) is 2. The van der Waals surface area contributed by atoms with Crippen LogP contribution in [0.5, 0.6) is 0 Å². The number of esters is 1. The summed E-state index contributed by atoms with van der Waals surface area (Å²) in [5.74, 6) is -0.0139. The summed E-state index contributed by atoms with van der Waals surface area (Å²) in [6.07, 6.45) is 4.18. The normalized spacial score (nSPS) is 11.6. The van der Waals surface area contributed by atoms with Crippen molar-refractivity contribution < 1.29 is 14.3 Å². The maximum atomic E-state index is 12.7. The molecule has 164 valence electrons. The van der Waals surface area contributed by atoms with Crippen LogP contribution in [0.2, 0.25) is 0 Å². The highest BCUT2D eigenvalue weighted by Gasteiger charge is 2.30. The van der Waals surface area contributed by atoms with Crippen molar-refractivity contribution in [1.29, 1.82) is 0 Å². The average Bonchev–Trinajstić information content (AvgIpc) is 2.68. The Hall–Kier alpha value is -2.70. The molecule has 7 heteroatoms. The molecule has 0 atom stereocenters. The number of anilines is 2. The summed E-state index contributed by atoms with van der Waals surface area (Å²) in [7, 11) is 0. The number of amides is 1. The molecule has 0 fully saturated rings. The van der Waals surface area contributed by atoms with Gasteiger partial charge >= 0.3 is 5.97 Å². The third-order valence-electron chi connectivity index (χ3n) is 4.86. The fourth-order valence-corrected chi connectivity index (χ4v) is 2.92. The van der Waals surface area contributed by atoms with E-state index < -0.39 is 5.54 Å². The van der Waals surface area contributed by atoms with E-state index in [0.29, 0.717) is 12.4 Å². The average molecular weight is 415 g/mol. The Labute approximate surface area is 179 Å². The van der Waals surface area contributed by atoms with Crippen LogP contribution in [0.15, 0.2) is 18.2 Å². The lowest BCUT2D eigenvalue weighted by Crippen LogP contribution is -2.42. The van der Waals surface area contributed by atoms with E-state index in [4.69, 9.17) is 4.74 Å². The van der Waals surface area contributed by atoms with Gasteiger partial charge in [0, 0.05) is 11.3 Å². The van der Waals surface area contributed by atoms with Crippen LogP contribution in [0, 0.1) is 12.8 Å². The standard InChI is InChI=1S/C23H34N4O3/c1-7-8-9-10-14-30-21(29)23(5,6)27-19-17-13-11-12-16(4)18(17)24-22(25-19)26-20(28)15(2)3/h11-13,15H,7-10,14H2,1-6H3,(H2,24,25,26,27,28). The third kappa shape index (κ3) is 6.15. The number of rotatable bonds is 10. The summed E-state index contributed by atoms with van der Waals surface area (Å²) >= 11 is 0. The van der Waals surface area contributed by atoms with Crippen molar-refractivity contribution in [1.82, 2.24) is 9.97 Å². The van der Waals surface area contributed by atoms with Crippen molar-refractivity contribution in [2.45, 2.75) is 72.8 Å². The zero-order valence-corrected chi connectivity index (χ0v) is 19.0. The zero-order valence-electron chi connectivity index (χ0n) is 19.0. The van der Waals surface area contributed by atoms with Gasteiger partial charge in [-0.25, -0.2) is 9.78 Å². The molecule has 2 rings (SSSR count). The first-order chi connectivity index (χ1) is 14.2. The number of unbranched alkanes of at least 4 members (excludes halogenated alkanes) is 3. The van der Waals surface area contributed by atoms with E-state index >= 15 is 0 Å². The zero-order chi connectivity index (χ0) is 22.3. The van der Waals surface area contributed by atoms with Crippen LogP contribution in [0.1, 0.15) is 65.9 Å². The minimum absolute atomic E-state index is 0.167. The van der Waals surface area contributed by atoms with Gasteiger partial charge < -0.3 is 10.1 Å². The molecule has 1 amide bonds. The lowest BCUT2D eigenvalue weighted by atomic mass is 10.0. The highest BCUT2D eigenvalue weighted by molar-refractivity contribution is 5.97. The Morgan fingerprint density at radius 1 is 1.13 bits per heavy atom. The molecule has 1 heterocycles. The maximum absolute atomic E-state index is 12.7. The van der Waals surface area contributed by atoms with Crippen molar-refractivity contribution >= 4 is 34.5 Å². The molecular weight excluding hydrogens is 380 g/mol. The predicted molar refractivity (Wildman–Crippen MR) is 121 cm³/mol. The second-order valence-corrected chi connectivity index (χ2v) is 8.46. The lowest BCUT2D eigenvalue weighted by Gasteiger charge is -2.26. The van der Waals surface area contributed by atoms with E-state index in [0.717, 1.165) is 42.1 Å². The molecule has 0 saturated heterocycles. The summed E-state index contributed by atoms with van der Waals surface area (Å²) in [6.45, 7) is 11.6. The smallest absolute Gasteiger partial charge is 0.331 e. The summed E-state index contributed by atoms with van der Waals surface area (Å²) < 4.78 is 5.47. The van der Waals surface area contributed by atoms with Gasteiger partial charge in [-0.2, -0.15) is 4.98 Å². The van der Waals surface area contributed by atoms with Crippen molar-refractivity contribution in [3.63, 3.8) is 0 Å². The Bertz CT molecular complexity index is 893. The topological polar surface area (TPSA) is 93.2 Å². The highest BCUT2D eigenvalue weighted by atomic mass is 16.5. The fourth-order valence-electron chi connectivity index (χ4n) is 2.92. The number of fused-ring (bicyclic) bond motifs is 1. The molecule has 1 aromatic carbocycles. The number of nitrogens with zero attached hydrogens (tertiary/aromatic N) is 2. The Balaban J connectivity index is 2.27. The van der Waals surface area contributed by atoms with Crippen molar-refractivity contribution in [3.05, 3.63) is 23.8 Å². The Kier molecular flexibility index (Phi) is 8.15. The van der Waals surface area contributed by atoms with E-state index in [2.05, 4.69) is 27.5 Å². The summed E-state index contributed by atoms with van der Waals surface area (Å²) in [4.78, 5) is 33.8. The minimum Gasteiger partial charge on any atom is -0.464 e. The predicted octanol–water partition coefficient (Wildman–Crippen LogP) is 4.85. The molecule has 0 bridgehead atoms. The van der Waals surface area contributed by atoms with E-state index in [1.165, 1.54) is 0 Å². The van der Waals surface area contributed by atoms with Crippen molar-refractivity contribution in [3.8, 4) is 0 Å². The van der Waals surface area contributed by atoms with Crippen LogP contribution in [0.25, 0.3) is 10.9 Å². The minimum atomic E-state index is -0.991. The fraction of sp³-hybridized carbons (Fsp3) is 0.565. The van der Waals surface area contributed by atoms with Crippen molar-refractivity contribution in [2.24, 2.45) is 5.92 Å². The third-order valence-corrected chi connectivity index (χ3v) is 4.86. The number of benzene rings is 1. The summed E-state index contributed by atoms with van der Waals surface area (Å²) in [6, 6.07) is 5.76. The van der Waals surface area contributed by atoms with E-state index in [1.807, 2.05) is 25.1 Å². The molecule has 0 unspecified atom stereocenters. The summed E-state index contributed by atoms with van der Waals surface area (Å²) in [5.41, 5.74) is 0.682. The molecule has 1 aromatic heterocycles. The van der Waals surface area contributed by atoms with Crippen LogP contribution in [-0.2, 0) is 14.3 Å². The van der Waals surface area contributed by atoms with Crippen LogP contribution < -0.4 is 10.6 Å². The van der Waals surface area contributed by atoms with E-state index in [-0.39, 0.29) is 23.7 Å². The lowest BCUT2D eigenvalue weighted by molar-refractivity contribution is -0.148. The molecule has 0 aliphatic rings. The van der Waals surface area contributed by atoms with Crippen LogP contribution in [0.3, 0.4) is 0 Å². The molecule has 7 nitrogen and oxygen atoms in total. The Morgan fingerprint density at radius 3 is 2.53 bits per heavy atom. The molecule has 30 heavy (non-hydrogen) atoms. The number of carbonyl (C=O) groups is 2. The van der Waals surface area contributed by atoms with E-state index in [9.17, 15) is 9.59 Å². The maximum Gasteiger partial charge on any atom is 0.331 e. The number of ether oxygens (including phenoxy) is 1. The number of carbonyl (C=O) groups excluding carboxylic acids is 2. The first-order valence-electron chi connectivity index (χ1n) is 10.7. The monoisotopic (exact) mass is 414 g/mol. The SMILES string of the molecule is CCCCCCOC(=O)C(C)(C)Nc1nc(NC(=O)C(C)C)nc2c(C)cccc12. The molecule has 0 aliphatic carbocycles. The number of hydrogen-bond acceptors (Lipinski definition) is 6. The van der Waals surface area contributed by atoms with Crippen LogP contribution in [0.4, 0.5) is 11.8 Å². The molecule has 0 aliphatic heterocycles. The molecule has 2 N–H and O–H groups in total. The largest absolute Gasteiger partial charge is 0.464 e. The van der Waals surface area contributed by atoms with Gasteiger partial charge in [-0.15, -0.1) is 0 Å². The second kappa shape index (κ2) is 10.4. The Morgan fingerprint density at radius 2 is 1.87 bits per heavy atom. The first-order valence-corrected chi connectivity index (χ1v) is 10.7. The van der Waals surface area contributed by atoms with Crippen molar-refractivity contribution in [2.75, 3.05) is 17.2 Å². The van der Waals surface area contributed by atoms with E-state index in [1.54, 1.807) is 27.7 Å². The van der Waals surface area contributed by atoms with Gasteiger partial charge in [0.15, 0.2) is 0 Å². The second-order valence-electron chi connectivity index (χ2n) is 8.46. The highest BCUT2D eigenvalue weighted by Crippen LogP contribution is 2.27. The number of aromatic nitrogens is 2. The molecule has 0 spiro atoms. The molecule has 0 saturated carbocycles. The molecular formula is C23H34N4O3. The quantitative estimate of drug-likeness (QED) is 0.426.